The number of ether oxygens (including phenoxy) is 1. The van der Waals surface area contributed by atoms with Crippen LogP contribution in [0.5, 0.6) is 11.5 Å². The zero-order valence-corrected chi connectivity index (χ0v) is 12.1. The van der Waals surface area contributed by atoms with Gasteiger partial charge < -0.3 is 20.3 Å². The summed E-state index contributed by atoms with van der Waals surface area (Å²) in [5.74, 6) is -0.915. The van der Waals surface area contributed by atoms with Crippen molar-refractivity contribution in [1.29, 1.82) is 0 Å². The SMILES string of the molecule is COc1ccc(C(=O)N[C@@H](CCSC)C(=O)O)cc1O. The summed E-state index contributed by atoms with van der Waals surface area (Å²) >= 11 is 1.51. The van der Waals surface area contributed by atoms with Gasteiger partial charge in [0.15, 0.2) is 11.5 Å². The second-order valence-electron chi connectivity index (χ2n) is 4.03. The zero-order valence-electron chi connectivity index (χ0n) is 11.3. The van der Waals surface area contributed by atoms with E-state index in [1.807, 2.05) is 6.26 Å². The van der Waals surface area contributed by atoms with Gasteiger partial charge in [0.2, 0.25) is 0 Å². The summed E-state index contributed by atoms with van der Waals surface area (Å²) < 4.78 is 4.87. The second kappa shape index (κ2) is 7.64. The fraction of sp³-hybridized carbons (Fsp3) is 0.385. The monoisotopic (exact) mass is 299 g/mol. The highest BCUT2D eigenvalue weighted by atomic mass is 32.2. The van der Waals surface area contributed by atoms with E-state index in [-0.39, 0.29) is 17.1 Å². The summed E-state index contributed by atoms with van der Waals surface area (Å²) in [6.45, 7) is 0. The summed E-state index contributed by atoms with van der Waals surface area (Å²) in [7, 11) is 1.40. The molecule has 0 heterocycles. The lowest BCUT2D eigenvalue weighted by atomic mass is 10.1. The molecule has 110 valence electrons. The number of carbonyl (C=O) groups excluding carboxylic acids is 1. The Hall–Kier alpha value is -1.89. The molecule has 0 aromatic heterocycles. The Morgan fingerprint density at radius 3 is 2.65 bits per heavy atom. The third kappa shape index (κ3) is 4.34. The molecule has 0 saturated carbocycles. The van der Waals surface area contributed by atoms with Gasteiger partial charge in [0.25, 0.3) is 5.91 Å². The van der Waals surface area contributed by atoms with Crippen LogP contribution in [0, 0.1) is 0 Å². The number of carboxylic acid groups (broad SMARTS) is 1. The van der Waals surface area contributed by atoms with Crippen molar-refractivity contribution >= 4 is 23.6 Å². The van der Waals surface area contributed by atoms with Crippen molar-refractivity contribution in [3.8, 4) is 11.5 Å². The Balaban J connectivity index is 2.78. The predicted molar refractivity (Wildman–Crippen MR) is 76.5 cm³/mol. The van der Waals surface area contributed by atoms with Gasteiger partial charge in [0.05, 0.1) is 7.11 Å². The molecule has 0 bridgehead atoms. The molecule has 0 saturated heterocycles. The standard InChI is InChI=1S/C13H17NO5S/c1-19-11-4-3-8(7-10(11)15)12(16)14-9(13(17)18)5-6-20-2/h3-4,7,9,15H,5-6H2,1-2H3,(H,14,16)(H,17,18)/t9-/m0/s1. The van der Waals surface area contributed by atoms with Crippen LogP contribution >= 0.6 is 11.8 Å². The minimum Gasteiger partial charge on any atom is -0.504 e. The predicted octanol–water partition coefficient (Wildman–Crippen LogP) is 1.34. The molecule has 0 unspecified atom stereocenters. The van der Waals surface area contributed by atoms with Crippen LogP contribution in [0.25, 0.3) is 0 Å². The molecule has 3 N–H and O–H groups in total. The van der Waals surface area contributed by atoms with Crippen molar-refractivity contribution in [2.45, 2.75) is 12.5 Å². The van der Waals surface area contributed by atoms with E-state index in [2.05, 4.69) is 5.32 Å². The Bertz CT molecular complexity index is 492. The van der Waals surface area contributed by atoms with Gasteiger partial charge in [-0.05, 0) is 36.6 Å². The Kier molecular flexibility index (Phi) is 6.17. The molecular weight excluding hydrogens is 282 g/mol. The van der Waals surface area contributed by atoms with Gasteiger partial charge in [0.1, 0.15) is 6.04 Å². The van der Waals surface area contributed by atoms with E-state index in [1.54, 1.807) is 0 Å². The van der Waals surface area contributed by atoms with Gasteiger partial charge in [-0.3, -0.25) is 4.79 Å². The zero-order chi connectivity index (χ0) is 15.1. The fourth-order valence-electron chi connectivity index (χ4n) is 1.57. The van der Waals surface area contributed by atoms with Crippen molar-refractivity contribution in [3.63, 3.8) is 0 Å². The molecule has 0 aliphatic carbocycles. The first-order valence-electron chi connectivity index (χ1n) is 5.89. The maximum atomic E-state index is 11.9. The number of aliphatic carboxylic acids is 1. The normalized spacial score (nSPS) is 11.7. The number of rotatable bonds is 7. The van der Waals surface area contributed by atoms with E-state index < -0.39 is 17.9 Å². The molecule has 7 heteroatoms. The van der Waals surface area contributed by atoms with E-state index >= 15 is 0 Å². The molecule has 1 rings (SSSR count). The van der Waals surface area contributed by atoms with Crippen LogP contribution in [0.4, 0.5) is 0 Å². The summed E-state index contributed by atoms with van der Waals surface area (Å²) in [6.07, 6.45) is 2.20. The van der Waals surface area contributed by atoms with Gasteiger partial charge in [-0.1, -0.05) is 0 Å². The van der Waals surface area contributed by atoms with Gasteiger partial charge in [-0.2, -0.15) is 11.8 Å². The number of thioether (sulfide) groups is 1. The number of aromatic hydroxyl groups is 1. The number of hydrogen-bond acceptors (Lipinski definition) is 5. The molecule has 6 nitrogen and oxygen atoms in total. The van der Waals surface area contributed by atoms with E-state index in [0.29, 0.717) is 12.2 Å². The van der Waals surface area contributed by atoms with E-state index in [4.69, 9.17) is 9.84 Å². The molecule has 0 radical (unpaired) electrons. The largest absolute Gasteiger partial charge is 0.504 e. The first kappa shape index (κ1) is 16.2. The van der Waals surface area contributed by atoms with Crippen molar-refractivity contribution in [1.82, 2.24) is 5.32 Å². The van der Waals surface area contributed by atoms with Gasteiger partial charge in [-0.25, -0.2) is 4.79 Å². The molecular formula is C13H17NO5S. The van der Waals surface area contributed by atoms with Gasteiger partial charge >= 0.3 is 5.97 Å². The molecule has 1 aromatic rings. The molecule has 1 aromatic carbocycles. The molecule has 0 spiro atoms. The average molecular weight is 299 g/mol. The number of amides is 1. The maximum Gasteiger partial charge on any atom is 0.326 e. The van der Waals surface area contributed by atoms with Crippen LogP contribution in [0.3, 0.4) is 0 Å². The lowest BCUT2D eigenvalue weighted by Crippen LogP contribution is -2.41. The molecule has 0 aliphatic rings. The molecule has 0 fully saturated rings. The van der Waals surface area contributed by atoms with Crippen LogP contribution < -0.4 is 10.1 Å². The summed E-state index contributed by atoms with van der Waals surface area (Å²) in [4.78, 5) is 23.0. The second-order valence-corrected chi connectivity index (χ2v) is 5.02. The first-order chi connectivity index (χ1) is 9.49. The number of nitrogens with one attached hydrogen (secondary N) is 1. The number of methoxy groups -OCH3 is 1. The smallest absolute Gasteiger partial charge is 0.326 e. The van der Waals surface area contributed by atoms with Crippen molar-refractivity contribution < 1.29 is 24.5 Å². The van der Waals surface area contributed by atoms with Crippen LogP contribution in [0.1, 0.15) is 16.8 Å². The van der Waals surface area contributed by atoms with Crippen LogP contribution in [-0.2, 0) is 4.79 Å². The number of carboxylic acids is 1. The van der Waals surface area contributed by atoms with Crippen molar-refractivity contribution in [3.05, 3.63) is 23.8 Å². The van der Waals surface area contributed by atoms with E-state index in [0.717, 1.165) is 0 Å². The highest BCUT2D eigenvalue weighted by Crippen LogP contribution is 2.26. The average Bonchev–Trinajstić information content (AvgIpc) is 2.42. The fourth-order valence-corrected chi connectivity index (χ4v) is 2.04. The van der Waals surface area contributed by atoms with Gasteiger partial charge in [-0.15, -0.1) is 0 Å². The highest BCUT2D eigenvalue weighted by Gasteiger charge is 2.20. The minimum absolute atomic E-state index is 0.170. The Morgan fingerprint density at radius 2 is 2.15 bits per heavy atom. The summed E-state index contributed by atoms with van der Waals surface area (Å²) in [5, 5.41) is 21.1. The third-order valence-electron chi connectivity index (χ3n) is 2.66. The molecule has 1 amide bonds. The molecule has 20 heavy (non-hydrogen) atoms. The van der Waals surface area contributed by atoms with Crippen molar-refractivity contribution in [2.75, 3.05) is 19.1 Å². The highest BCUT2D eigenvalue weighted by molar-refractivity contribution is 7.98. The van der Waals surface area contributed by atoms with Crippen LogP contribution in [0.15, 0.2) is 18.2 Å². The lowest BCUT2D eigenvalue weighted by Gasteiger charge is -2.14. The summed E-state index contributed by atoms with van der Waals surface area (Å²) in [6, 6.07) is 3.20. The topological polar surface area (TPSA) is 95.9 Å². The van der Waals surface area contributed by atoms with E-state index in [9.17, 15) is 14.7 Å². The Labute approximate surface area is 121 Å². The van der Waals surface area contributed by atoms with Crippen LogP contribution in [0.2, 0.25) is 0 Å². The molecule has 0 aliphatic heterocycles. The quantitative estimate of drug-likeness (QED) is 0.703. The number of benzene rings is 1. The maximum absolute atomic E-state index is 11.9. The van der Waals surface area contributed by atoms with Gasteiger partial charge in [0, 0.05) is 5.56 Å². The van der Waals surface area contributed by atoms with E-state index in [1.165, 1.54) is 37.1 Å². The van der Waals surface area contributed by atoms with Crippen LogP contribution in [-0.4, -0.2) is 47.2 Å². The molecule has 1 atom stereocenters. The Morgan fingerprint density at radius 1 is 1.45 bits per heavy atom. The van der Waals surface area contributed by atoms with Crippen molar-refractivity contribution in [2.24, 2.45) is 0 Å². The number of phenolic OH excluding ortho intramolecular Hbond substituents is 1. The minimum atomic E-state index is -1.08. The number of carbonyl (C=O) groups is 2. The number of phenols is 1. The lowest BCUT2D eigenvalue weighted by molar-refractivity contribution is -0.139. The number of hydrogen-bond donors (Lipinski definition) is 3. The third-order valence-corrected chi connectivity index (χ3v) is 3.30. The summed E-state index contributed by atoms with van der Waals surface area (Å²) in [5.41, 5.74) is 0.179. The first-order valence-corrected chi connectivity index (χ1v) is 7.28.